The predicted molar refractivity (Wildman–Crippen MR) is 64.5 cm³/mol. The Balaban J connectivity index is 1.82. The summed E-state index contributed by atoms with van der Waals surface area (Å²) in [7, 11) is 0. The van der Waals surface area contributed by atoms with Crippen molar-refractivity contribution in [2.75, 3.05) is 19.8 Å². The Morgan fingerprint density at radius 3 is 2.71 bits per heavy atom. The summed E-state index contributed by atoms with van der Waals surface area (Å²) in [4.78, 5) is 12.0. The zero-order chi connectivity index (χ0) is 12.3. The fourth-order valence-electron chi connectivity index (χ4n) is 3.00. The molecule has 4 heteroatoms. The van der Waals surface area contributed by atoms with E-state index < -0.39 is 0 Å². The number of rotatable bonds is 4. The van der Waals surface area contributed by atoms with Crippen LogP contribution >= 0.6 is 0 Å². The first-order valence-electron chi connectivity index (χ1n) is 6.67. The quantitative estimate of drug-likeness (QED) is 0.774. The van der Waals surface area contributed by atoms with Crippen LogP contribution < -0.4 is 5.32 Å². The fraction of sp³-hybridized carbons (Fsp3) is 0.923. The molecule has 1 aliphatic heterocycles. The van der Waals surface area contributed by atoms with Crippen LogP contribution in [0, 0.1) is 11.3 Å². The van der Waals surface area contributed by atoms with E-state index in [1.54, 1.807) is 0 Å². The van der Waals surface area contributed by atoms with E-state index in [0.717, 1.165) is 19.3 Å². The van der Waals surface area contributed by atoms with Crippen LogP contribution in [0.2, 0.25) is 0 Å². The summed E-state index contributed by atoms with van der Waals surface area (Å²) in [6, 6.07) is 0. The molecule has 1 saturated carbocycles. The van der Waals surface area contributed by atoms with Crippen molar-refractivity contribution in [1.82, 2.24) is 5.32 Å². The van der Waals surface area contributed by atoms with Gasteiger partial charge >= 0.3 is 0 Å². The smallest absolute Gasteiger partial charge is 0.225 e. The molecule has 17 heavy (non-hydrogen) atoms. The lowest BCUT2D eigenvalue weighted by Gasteiger charge is -2.27. The second kappa shape index (κ2) is 5.36. The molecular formula is C13H23NO3. The number of nitrogens with one attached hydrogen (secondary N) is 1. The van der Waals surface area contributed by atoms with Gasteiger partial charge in [-0.3, -0.25) is 4.79 Å². The highest BCUT2D eigenvalue weighted by Crippen LogP contribution is 2.37. The number of carbonyl (C=O) groups is 1. The number of aliphatic hydroxyl groups is 1. The molecule has 1 amide bonds. The third-order valence-electron chi connectivity index (χ3n) is 4.35. The molecule has 0 bridgehead atoms. The van der Waals surface area contributed by atoms with Crippen molar-refractivity contribution in [2.45, 2.75) is 45.1 Å². The summed E-state index contributed by atoms with van der Waals surface area (Å²) in [5.41, 5.74) is -0.0572. The van der Waals surface area contributed by atoms with Crippen LogP contribution in [-0.4, -0.2) is 36.9 Å². The number of ether oxygens (including phenoxy) is 1. The molecule has 2 unspecified atom stereocenters. The highest BCUT2D eigenvalue weighted by atomic mass is 16.5. The lowest BCUT2D eigenvalue weighted by Crippen LogP contribution is -2.42. The highest BCUT2D eigenvalue weighted by molar-refractivity contribution is 5.79. The van der Waals surface area contributed by atoms with Crippen LogP contribution in [0.25, 0.3) is 0 Å². The number of aliphatic hydroxyl groups excluding tert-OH is 1. The van der Waals surface area contributed by atoms with Crippen LogP contribution in [0.15, 0.2) is 0 Å². The van der Waals surface area contributed by atoms with Gasteiger partial charge in [0.15, 0.2) is 0 Å². The minimum Gasteiger partial charge on any atom is -0.396 e. The molecule has 4 nitrogen and oxygen atoms in total. The van der Waals surface area contributed by atoms with E-state index in [-0.39, 0.29) is 30.0 Å². The van der Waals surface area contributed by atoms with Crippen molar-refractivity contribution in [3.05, 3.63) is 0 Å². The first-order valence-corrected chi connectivity index (χ1v) is 6.67. The molecule has 1 saturated heterocycles. The van der Waals surface area contributed by atoms with Crippen molar-refractivity contribution in [3.63, 3.8) is 0 Å². The van der Waals surface area contributed by atoms with Crippen molar-refractivity contribution in [1.29, 1.82) is 0 Å². The summed E-state index contributed by atoms with van der Waals surface area (Å²) >= 11 is 0. The normalized spacial score (nSPS) is 31.6. The van der Waals surface area contributed by atoms with E-state index >= 15 is 0 Å². The van der Waals surface area contributed by atoms with Crippen LogP contribution in [0.4, 0.5) is 0 Å². The van der Waals surface area contributed by atoms with E-state index in [2.05, 4.69) is 5.32 Å². The van der Waals surface area contributed by atoms with Gasteiger partial charge in [0.25, 0.3) is 0 Å². The van der Waals surface area contributed by atoms with E-state index in [1.807, 2.05) is 6.92 Å². The van der Waals surface area contributed by atoms with Crippen LogP contribution in [0.1, 0.15) is 39.0 Å². The van der Waals surface area contributed by atoms with E-state index in [9.17, 15) is 9.90 Å². The van der Waals surface area contributed by atoms with Crippen molar-refractivity contribution in [2.24, 2.45) is 11.3 Å². The van der Waals surface area contributed by atoms with Gasteiger partial charge in [0.1, 0.15) is 0 Å². The second-order valence-electron chi connectivity index (χ2n) is 5.55. The van der Waals surface area contributed by atoms with Gasteiger partial charge in [-0.15, -0.1) is 0 Å². The molecule has 0 radical (unpaired) electrons. The Labute approximate surface area is 103 Å². The molecule has 0 aromatic carbocycles. The number of amides is 1. The summed E-state index contributed by atoms with van der Waals surface area (Å²) in [5.74, 6) is 0.0851. The van der Waals surface area contributed by atoms with Gasteiger partial charge in [-0.25, -0.2) is 0 Å². The standard InChI is InChI=1S/C13H23NO3/c1-10-11(4-7-17-10)12(16)14-8-13(9-15)5-2-3-6-13/h10-11,15H,2-9H2,1H3,(H,14,16). The lowest BCUT2D eigenvalue weighted by molar-refractivity contribution is -0.127. The molecule has 0 aromatic heterocycles. The van der Waals surface area contributed by atoms with Crippen LogP contribution in [-0.2, 0) is 9.53 Å². The van der Waals surface area contributed by atoms with Crippen molar-refractivity contribution in [3.8, 4) is 0 Å². The Morgan fingerprint density at radius 2 is 2.18 bits per heavy atom. The monoisotopic (exact) mass is 241 g/mol. The third-order valence-corrected chi connectivity index (χ3v) is 4.35. The SMILES string of the molecule is CC1OCCC1C(=O)NCC1(CO)CCCC1. The van der Waals surface area contributed by atoms with Crippen molar-refractivity contribution < 1.29 is 14.6 Å². The molecule has 2 rings (SSSR count). The van der Waals surface area contributed by atoms with Crippen LogP contribution in [0.5, 0.6) is 0 Å². The van der Waals surface area contributed by atoms with Gasteiger partial charge in [-0.2, -0.15) is 0 Å². The van der Waals surface area contributed by atoms with Gasteiger partial charge < -0.3 is 15.2 Å². The van der Waals surface area contributed by atoms with E-state index in [4.69, 9.17) is 4.74 Å². The number of carbonyl (C=O) groups excluding carboxylic acids is 1. The van der Waals surface area contributed by atoms with Gasteiger partial charge in [0, 0.05) is 18.6 Å². The predicted octanol–water partition coefficient (Wildman–Crippen LogP) is 1.08. The van der Waals surface area contributed by atoms with E-state index in [1.165, 1.54) is 12.8 Å². The molecule has 0 spiro atoms. The van der Waals surface area contributed by atoms with Gasteiger partial charge in [0.2, 0.25) is 5.91 Å². The lowest BCUT2D eigenvalue weighted by atomic mass is 9.87. The molecule has 2 fully saturated rings. The topological polar surface area (TPSA) is 58.6 Å². The average Bonchev–Trinajstić information content (AvgIpc) is 2.95. The molecule has 2 aliphatic rings. The fourth-order valence-corrected chi connectivity index (χ4v) is 3.00. The largest absolute Gasteiger partial charge is 0.396 e. The maximum absolute atomic E-state index is 12.0. The Hall–Kier alpha value is -0.610. The zero-order valence-corrected chi connectivity index (χ0v) is 10.6. The molecule has 0 aromatic rings. The summed E-state index contributed by atoms with van der Waals surface area (Å²) in [5, 5.41) is 12.5. The Kier molecular flexibility index (Phi) is 4.05. The number of hydrogen-bond acceptors (Lipinski definition) is 3. The van der Waals surface area contributed by atoms with Gasteiger partial charge in [-0.05, 0) is 26.2 Å². The molecular weight excluding hydrogens is 218 g/mol. The minimum absolute atomic E-state index is 0.00727. The minimum atomic E-state index is -0.0572. The average molecular weight is 241 g/mol. The highest BCUT2D eigenvalue weighted by Gasteiger charge is 2.36. The Bertz CT molecular complexity index is 274. The first-order chi connectivity index (χ1) is 8.17. The van der Waals surface area contributed by atoms with Crippen molar-refractivity contribution >= 4 is 5.91 Å². The van der Waals surface area contributed by atoms with Gasteiger partial charge in [-0.1, -0.05) is 12.8 Å². The second-order valence-corrected chi connectivity index (χ2v) is 5.55. The van der Waals surface area contributed by atoms with E-state index in [0.29, 0.717) is 13.2 Å². The first kappa shape index (κ1) is 12.8. The molecule has 1 aliphatic carbocycles. The molecule has 2 N–H and O–H groups in total. The Morgan fingerprint density at radius 1 is 1.47 bits per heavy atom. The summed E-state index contributed by atoms with van der Waals surface area (Å²) in [6.07, 6.45) is 5.24. The van der Waals surface area contributed by atoms with Crippen LogP contribution in [0.3, 0.4) is 0 Å². The molecule has 98 valence electrons. The number of hydrogen-bond donors (Lipinski definition) is 2. The summed E-state index contributed by atoms with van der Waals surface area (Å²) < 4.78 is 5.40. The molecule has 1 heterocycles. The maximum atomic E-state index is 12.0. The molecule has 2 atom stereocenters. The summed E-state index contributed by atoms with van der Waals surface area (Å²) in [6.45, 7) is 3.44. The maximum Gasteiger partial charge on any atom is 0.225 e. The van der Waals surface area contributed by atoms with Gasteiger partial charge in [0.05, 0.1) is 18.6 Å². The third kappa shape index (κ3) is 2.80. The zero-order valence-electron chi connectivity index (χ0n) is 10.6.